The summed E-state index contributed by atoms with van der Waals surface area (Å²) in [4.78, 5) is 14.9. The molecule has 0 atom stereocenters. The molecule has 4 aromatic heterocycles. The van der Waals surface area contributed by atoms with E-state index in [2.05, 4.69) is 65.2 Å². The molecule has 7 aromatic carbocycles. The summed E-state index contributed by atoms with van der Waals surface area (Å²) in [6, 6.07) is 53.4. The lowest BCUT2D eigenvalue weighted by Gasteiger charge is -2.03. The number of rotatable bonds is 5. The third-order valence-corrected chi connectivity index (χ3v) is 9.74. The Kier molecular flexibility index (Phi) is 6.12. The Bertz CT molecular complexity index is 3100. The predicted octanol–water partition coefficient (Wildman–Crippen LogP) is 11.9. The molecule has 11 rings (SSSR count). The van der Waals surface area contributed by atoms with Crippen LogP contribution in [-0.2, 0) is 0 Å². The molecule has 0 fully saturated rings. The Hall–Kier alpha value is -7.25. The van der Waals surface area contributed by atoms with E-state index in [0.29, 0.717) is 23.4 Å². The van der Waals surface area contributed by atoms with Crippen molar-refractivity contribution < 1.29 is 13.3 Å². The van der Waals surface area contributed by atoms with E-state index in [0.717, 1.165) is 82.9 Å². The van der Waals surface area contributed by atoms with Crippen LogP contribution in [0.1, 0.15) is 0 Å². The Balaban J connectivity index is 1.13. The fourth-order valence-electron chi connectivity index (χ4n) is 7.29. The second-order valence-electron chi connectivity index (χ2n) is 12.8. The van der Waals surface area contributed by atoms with Gasteiger partial charge in [0.05, 0.1) is 11.0 Å². The van der Waals surface area contributed by atoms with Crippen LogP contribution in [0.4, 0.5) is 0 Å². The van der Waals surface area contributed by atoms with Crippen LogP contribution in [0.15, 0.2) is 171 Å². The van der Waals surface area contributed by atoms with Crippen molar-refractivity contribution in [2.45, 2.75) is 0 Å². The maximum absolute atomic E-state index is 6.55. The van der Waals surface area contributed by atoms with Gasteiger partial charge >= 0.3 is 6.01 Å². The maximum Gasteiger partial charge on any atom is 0.307 e. The highest BCUT2D eigenvalue weighted by atomic mass is 16.4. The molecule has 0 saturated carbocycles. The van der Waals surface area contributed by atoms with Crippen molar-refractivity contribution in [2.75, 3.05) is 0 Å². The summed E-state index contributed by atoms with van der Waals surface area (Å²) < 4.78 is 21.4. The van der Waals surface area contributed by atoms with Gasteiger partial charge in [0.1, 0.15) is 16.6 Å². The highest BCUT2D eigenvalue weighted by Crippen LogP contribution is 2.40. The molecule has 7 nitrogen and oxygen atoms in total. The van der Waals surface area contributed by atoms with Gasteiger partial charge in [-0.1, -0.05) is 97.1 Å². The zero-order valence-corrected chi connectivity index (χ0v) is 27.5. The van der Waals surface area contributed by atoms with Crippen LogP contribution in [-0.4, -0.2) is 19.5 Å². The van der Waals surface area contributed by atoms with Crippen LogP contribution in [0.25, 0.3) is 106 Å². The maximum atomic E-state index is 6.55. The van der Waals surface area contributed by atoms with E-state index < -0.39 is 0 Å². The van der Waals surface area contributed by atoms with E-state index in [4.69, 9.17) is 28.2 Å². The second-order valence-corrected chi connectivity index (χ2v) is 12.8. The van der Waals surface area contributed by atoms with Crippen LogP contribution < -0.4 is 0 Å². The van der Waals surface area contributed by atoms with E-state index in [1.807, 2.05) is 97.1 Å². The molecule has 0 aliphatic heterocycles. The van der Waals surface area contributed by atoms with Gasteiger partial charge < -0.3 is 13.3 Å². The number of para-hydroxylation sites is 4. The molecule has 0 saturated heterocycles. The monoisotopic (exact) mass is 670 g/mol. The van der Waals surface area contributed by atoms with Crippen LogP contribution >= 0.6 is 0 Å². The molecule has 0 aliphatic carbocycles. The number of nitrogens with zero attached hydrogens (tertiary/aromatic N) is 4. The number of aromatic nitrogens is 4. The summed E-state index contributed by atoms with van der Waals surface area (Å²) in [5, 5.41) is 1.98. The van der Waals surface area contributed by atoms with Crippen molar-refractivity contribution in [1.82, 2.24) is 19.5 Å². The summed E-state index contributed by atoms with van der Waals surface area (Å²) in [5.74, 6) is 1.10. The standard InChI is InChI=1S/C45H26N4O3/c1-3-11-27(12-4-1)31-15-10-20-40-41(31)48-45(51-40)49-37-23-21-29(43-46-35-17-7-8-19-39(35)50-43)25-33(37)34-26-30(22-24-38(34)49)44-47-36-18-9-16-32(42(36)52-44)28-13-5-2-6-14-28/h1-26H. The highest BCUT2D eigenvalue weighted by molar-refractivity contribution is 6.11. The minimum absolute atomic E-state index is 0.482. The largest absolute Gasteiger partial charge is 0.436 e. The van der Waals surface area contributed by atoms with Gasteiger partial charge in [-0.2, -0.15) is 4.98 Å². The van der Waals surface area contributed by atoms with Crippen molar-refractivity contribution in [1.29, 1.82) is 0 Å². The molecule has 11 aromatic rings. The summed E-state index contributed by atoms with van der Waals surface area (Å²) in [7, 11) is 0. The first kappa shape index (κ1) is 28.6. The van der Waals surface area contributed by atoms with E-state index in [-0.39, 0.29) is 0 Å². The lowest BCUT2D eigenvalue weighted by Crippen LogP contribution is -1.94. The first-order valence-corrected chi connectivity index (χ1v) is 17.1. The minimum atomic E-state index is 0.482. The van der Waals surface area contributed by atoms with Gasteiger partial charge in [0, 0.05) is 33.0 Å². The van der Waals surface area contributed by atoms with Crippen LogP contribution in [0.5, 0.6) is 0 Å². The zero-order chi connectivity index (χ0) is 34.2. The number of benzene rings is 7. The molecule has 0 N–H and O–H groups in total. The number of hydrogen-bond acceptors (Lipinski definition) is 6. The minimum Gasteiger partial charge on any atom is -0.436 e. The molecule has 0 amide bonds. The van der Waals surface area contributed by atoms with Crippen LogP contribution in [0.3, 0.4) is 0 Å². The molecule has 4 heterocycles. The first-order chi connectivity index (χ1) is 25.7. The fraction of sp³-hybridized carbons (Fsp3) is 0. The average Bonchev–Trinajstić information content (AvgIpc) is 4.00. The van der Waals surface area contributed by atoms with Crippen molar-refractivity contribution in [2.24, 2.45) is 0 Å². The molecule has 0 aliphatic rings. The summed E-state index contributed by atoms with van der Waals surface area (Å²) in [6.45, 7) is 0. The zero-order valence-electron chi connectivity index (χ0n) is 27.5. The second kappa shape index (κ2) is 11.1. The van der Waals surface area contributed by atoms with Gasteiger partial charge in [0.25, 0.3) is 0 Å². The third kappa shape index (κ3) is 4.43. The SMILES string of the molecule is c1ccc(-c2cccc3oc(-n4c5ccc(-c6nc7ccccc7o6)cc5c5cc(-c6nc7cccc(-c8ccccc8)c7o6)ccc54)nc23)cc1. The van der Waals surface area contributed by atoms with Crippen molar-refractivity contribution in [3.63, 3.8) is 0 Å². The van der Waals surface area contributed by atoms with Crippen molar-refractivity contribution in [3.05, 3.63) is 158 Å². The lowest BCUT2D eigenvalue weighted by molar-refractivity contribution is 0.574. The van der Waals surface area contributed by atoms with Gasteiger partial charge in [-0.25, -0.2) is 9.97 Å². The first-order valence-electron chi connectivity index (χ1n) is 17.1. The van der Waals surface area contributed by atoms with Crippen LogP contribution in [0, 0.1) is 0 Å². The predicted molar refractivity (Wildman–Crippen MR) is 205 cm³/mol. The van der Waals surface area contributed by atoms with Gasteiger partial charge in [0.2, 0.25) is 11.8 Å². The Morgan fingerprint density at radius 1 is 0.404 bits per heavy atom. The number of fused-ring (bicyclic) bond motifs is 6. The fourth-order valence-corrected chi connectivity index (χ4v) is 7.29. The van der Waals surface area contributed by atoms with E-state index >= 15 is 0 Å². The summed E-state index contributed by atoms with van der Waals surface area (Å²) in [6.07, 6.45) is 0. The molecular formula is C45H26N4O3. The Labute approximate surface area is 296 Å². The summed E-state index contributed by atoms with van der Waals surface area (Å²) >= 11 is 0. The van der Waals surface area contributed by atoms with Crippen molar-refractivity contribution >= 4 is 55.1 Å². The molecule has 0 radical (unpaired) electrons. The van der Waals surface area contributed by atoms with Gasteiger partial charge in [-0.3, -0.25) is 4.57 Å². The third-order valence-electron chi connectivity index (χ3n) is 9.74. The molecule has 7 heteroatoms. The highest BCUT2D eigenvalue weighted by Gasteiger charge is 2.22. The lowest BCUT2D eigenvalue weighted by atomic mass is 10.0. The molecular weight excluding hydrogens is 645 g/mol. The molecule has 52 heavy (non-hydrogen) atoms. The number of hydrogen-bond donors (Lipinski definition) is 0. The van der Waals surface area contributed by atoms with Gasteiger partial charge in [-0.05, 0) is 71.8 Å². The van der Waals surface area contributed by atoms with E-state index in [9.17, 15) is 0 Å². The number of oxazole rings is 3. The quantitative estimate of drug-likeness (QED) is 0.181. The Morgan fingerprint density at radius 3 is 1.71 bits per heavy atom. The molecule has 0 bridgehead atoms. The van der Waals surface area contributed by atoms with Crippen molar-refractivity contribution in [3.8, 4) is 51.2 Å². The summed E-state index contributed by atoms with van der Waals surface area (Å²) in [5.41, 5.74) is 12.4. The average molecular weight is 671 g/mol. The molecule has 0 spiro atoms. The molecule has 0 unspecified atom stereocenters. The smallest absolute Gasteiger partial charge is 0.307 e. The van der Waals surface area contributed by atoms with Crippen LogP contribution in [0.2, 0.25) is 0 Å². The Morgan fingerprint density at radius 2 is 0.981 bits per heavy atom. The normalized spacial score (nSPS) is 11.8. The van der Waals surface area contributed by atoms with E-state index in [1.54, 1.807) is 0 Å². The molecule has 244 valence electrons. The topological polar surface area (TPSA) is 83.0 Å². The van der Waals surface area contributed by atoms with Gasteiger partial charge in [0.15, 0.2) is 16.7 Å². The van der Waals surface area contributed by atoms with Gasteiger partial charge in [-0.15, -0.1) is 0 Å². The van der Waals surface area contributed by atoms with E-state index in [1.165, 1.54) is 0 Å².